The Kier molecular flexibility index (Phi) is 8.98. The molecule has 0 aliphatic rings. The first-order valence-corrected chi connectivity index (χ1v) is 12.7. The zero-order valence-electron chi connectivity index (χ0n) is 20.5. The van der Waals surface area contributed by atoms with Gasteiger partial charge in [-0.15, -0.1) is 0 Å². The summed E-state index contributed by atoms with van der Waals surface area (Å²) in [6.45, 7) is 4.47. The number of aryl methyl sites for hydroxylation is 3. The number of hydrogen-bond acceptors (Lipinski definition) is 4. The van der Waals surface area contributed by atoms with Crippen molar-refractivity contribution in [2.45, 2.75) is 58.4 Å². The third kappa shape index (κ3) is 6.98. The van der Waals surface area contributed by atoms with Crippen LogP contribution in [0.25, 0.3) is 11.0 Å². The molecule has 184 valence electrons. The minimum Gasteiger partial charge on any atom is -0.494 e. The van der Waals surface area contributed by atoms with Gasteiger partial charge in [-0.1, -0.05) is 37.6 Å². The molecular weight excluding hydrogens is 438 g/mol. The van der Waals surface area contributed by atoms with Gasteiger partial charge in [0.15, 0.2) is 5.76 Å². The van der Waals surface area contributed by atoms with Gasteiger partial charge in [0.1, 0.15) is 11.6 Å². The third-order valence-corrected chi connectivity index (χ3v) is 6.22. The maximum Gasteiger partial charge on any atom is 0.286 e. The number of unbranched alkanes of at least 4 members (excludes halogenated alkanes) is 3. The van der Waals surface area contributed by atoms with Crippen LogP contribution < -0.4 is 10.1 Å². The van der Waals surface area contributed by atoms with Crippen molar-refractivity contribution in [1.29, 1.82) is 0 Å². The lowest BCUT2D eigenvalue weighted by Crippen LogP contribution is -2.23. The molecule has 2 aromatic heterocycles. The van der Waals surface area contributed by atoms with Crippen molar-refractivity contribution in [1.82, 2.24) is 14.9 Å². The molecule has 0 bridgehead atoms. The largest absolute Gasteiger partial charge is 0.494 e. The molecule has 0 fully saturated rings. The quantitative estimate of drug-likeness (QED) is 0.222. The summed E-state index contributed by atoms with van der Waals surface area (Å²) in [4.78, 5) is 16.8. The fourth-order valence-electron chi connectivity index (χ4n) is 4.23. The molecule has 4 rings (SSSR count). The van der Waals surface area contributed by atoms with E-state index in [4.69, 9.17) is 14.1 Å². The number of benzene rings is 2. The smallest absolute Gasteiger partial charge is 0.286 e. The van der Waals surface area contributed by atoms with Gasteiger partial charge >= 0.3 is 0 Å². The molecule has 6 nitrogen and oxygen atoms in total. The van der Waals surface area contributed by atoms with E-state index >= 15 is 0 Å². The van der Waals surface area contributed by atoms with E-state index < -0.39 is 0 Å². The predicted octanol–water partition coefficient (Wildman–Crippen LogP) is 6.19. The highest BCUT2D eigenvalue weighted by molar-refractivity contribution is 5.91. The van der Waals surface area contributed by atoms with Gasteiger partial charge in [0.05, 0.1) is 23.9 Å². The number of aromatic nitrogens is 2. The predicted molar refractivity (Wildman–Crippen MR) is 139 cm³/mol. The van der Waals surface area contributed by atoms with Gasteiger partial charge in [0.2, 0.25) is 0 Å². The van der Waals surface area contributed by atoms with E-state index in [2.05, 4.69) is 59.3 Å². The maximum atomic E-state index is 11.9. The van der Waals surface area contributed by atoms with Crippen LogP contribution >= 0.6 is 0 Å². The number of furan rings is 1. The molecular formula is C29H35N3O3. The summed E-state index contributed by atoms with van der Waals surface area (Å²) in [5, 5.41) is 2.91. The van der Waals surface area contributed by atoms with Crippen molar-refractivity contribution >= 4 is 16.9 Å². The molecule has 0 saturated heterocycles. The molecule has 2 heterocycles. The summed E-state index contributed by atoms with van der Waals surface area (Å²) in [7, 11) is 0. The molecule has 0 aliphatic heterocycles. The van der Waals surface area contributed by atoms with Gasteiger partial charge in [-0.2, -0.15) is 0 Å². The number of carbonyl (C=O) groups excluding carboxylic acids is 1. The third-order valence-electron chi connectivity index (χ3n) is 6.22. The lowest BCUT2D eigenvalue weighted by Gasteiger charge is -2.11. The first-order chi connectivity index (χ1) is 17.2. The van der Waals surface area contributed by atoms with Crippen LogP contribution in [0.2, 0.25) is 0 Å². The van der Waals surface area contributed by atoms with Gasteiger partial charge in [0, 0.05) is 19.5 Å². The lowest BCUT2D eigenvalue weighted by atomic mass is 10.2. The van der Waals surface area contributed by atoms with Crippen molar-refractivity contribution in [2.75, 3.05) is 13.2 Å². The van der Waals surface area contributed by atoms with Crippen LogP contribution in [0.15, 0.2) is 71.3 Å². The van der Waals surface area contributed by atoms with E-state index in [1.54, 1.807) is 12.1 Å². The highest BCUT2D eigenvalue weighted by Crippen LogP contribution is 2.19. The van der Waals surface area contributed by atoms with Crippen LogP contribution in [0.1, 0.15) is 61.0 Å². The van der Waals surface area contributed by atoms with Crippen molar-refractivity contribution in [3.63, 3.8) is 0 Å². The highest BCUT2D eigenvalue weighted by Gasteiger charge is 2.11. The van der Waals surface area contributed by atoms with Crippen molar-refractivity contribution in [2.24, 2.45) is 0 Å². The minimum atomic E-state index is -0.154. The number of fused-ring (bicyclic) bond motifs is 1. The number of para-hydroxylation sites is 2. The van der Waals surface area contributed by atoms with Crippen LogP contribution in [-0.2, 0) is 19.4 Å². The van der Waals surface area contributed by atoms with Crippen molar-refractivity contribution in [3.8, 4) is 5.75 Å². The summed E-state index contributed by atoms with van der Waals surface area (Å²) < 4.78 is 13.4. The van der Waals surface area contributed by atoms with Gasteiger partial charge < -0.3 is 19.0 Å². The lowest BCUT2D eigenvalue weighted by molar-refractivity contribution is 0.0925. The monoisotopic (exact) mass is 473 g/mol. The first-order valence-electron chi connectivity index (χ1n) is 12.7. The Morgan fingerprint density at radius 2 is 1.83 bits per heavy atom. The zero-order valence-corrected chi connectivity index (χ0v) is 20.5. The van der Waals surface area contributed by atoms with Gasteiger partial charge in [-0.3, -0.25) is 4.79 Å². The first kappa shape index (κ1) is 24.6. The Hall–Kier alpha value is -3.54. The Balaban J connectivity index is 1.21. The average molecular weight is 474 g/mol. The van der Waals surface area contributed by atoms with Gasteiger partial charge in [0.25, 0.3) is 5.91 Å². The molecule has 0 unspecified atom stereocenters. The molecule has 0 radical (unpaired) electrons. The summed E-state index contributed by atoms with van der Waals surface area (Å²) >= 11 is 0. The maximum absolute atomic E-state index is 11.9. The number of hydrogen-bond donors (Lipinski definition) is 1. The summed E-state index contributed by atoms with van der Waals surface area (Å²) in [6, 6.07) is 20.1. The van der Waals surface area contributed by atoms with Gasteiger partial charge in [-0.25, -0.2) is 4.98 Å². The molecule has 2 aromatic carbocycles. The molecule has 1 amide bonds. The molecule has 0 spiro atoms. The Morgan fingerprint density at radius 1 is 0.971 bits per heavy atom. The summed E-state index contributed by atoms with van der Waals surface area (Å²) in [6.07, 6.45) is 8.53. The fourth-order valence-corrected chi connectivity index (χ4v) is 4.23. The van der Waals surface area contributed by atoms with E-state index in [0.717, 1.165) is 75.2 Å². The normalized spacial score (nSPS) is 11.1. The molecule has 0 atom stereocenters. The Labute approximate surface area is 207 Å². The van der Waals surface area contributed by atoms with Crippen molar-refractivity contribution in [3.05, 3.63) is 84.1 Å². The number of nitrogens with zero attached hydrogens (tertiary/aromatic N) is 2. The number of ether oxygens (including phenoxy) is 1. The van der Waals surface area contributed by atoms with E-state index in [-0.39, 0.29) is 5.91 Å². The van der Waals surface area contributed by atoms with Crippen LogP contribution in [-0.4, -0.2) is 28.6 Å². The van der Waals surface area contributed by atoms with Crippen molar-refractivity contribution < 1.29 is 13.9 Å². The van der Waals surface area contributed by atoms with Crippen LogP contribution in [0.3, 0.4) is 0 Å². The van der Waals surface area contributed by atoms with Gasteiger partial charge in [-0.05, 0) is 74.1 Å². The van der Waals surface area contributed by atoms with E-state index in [1.807, 2.05) is 6.07 Å². The Morgan fingerprint density at radius 3 is 2.63 bits per heavy atom. The highest BCUT2D eigenvalue weighted by atomic mass is 16.5. The number of rotatable bonds is 14. The SMILES string of the molecule is CCc1ccc(OCCCCn2c(CCCCCNC(=O)c3ccco3)nc3ccccc32)cc1. The summed E-state index contributed by atoms with van der Waals surface area (Å²) in [5.74, 6) is 2.29. The van der Waals surface area contributed by atoms with Crippen LogP contribution in [0.5, 0.6) is 5.75 Å². The van der Waals surface area contributed by atoms with E-state index in [9.17, 15) is 4.79 Å². The minimum absolute atomic E-state index is 0.154. The van der Waals surface area contributed by atoms with E-state index in [1.165, 1.54) is 17.3 Å². The summed E-state index contributed by atoms with van der Waals surface area (Å²) in [5.41, 5.74) is 3.58. The molecule has 4 aromatic rings. The number of amides is 1. The van der Waals surface area contributed by atoms with Crippen LogP contribution in [0.4, 0.5) is 0 Å². The number of carbonyl (C=O) groups is 1. The van der Waals surface area contributed by atoms with Crippen LogP contribution in [0, 0.1) is 0 Å². The molecule has 1 N–H and O–H groups in total. The fraction of sp³-hybridized carbons (Fsp3) is 0.379. The number of imidazole rings is 1. The molecule has 35 heavy (non-hydrogen) atoms. The standard InChI is InChI=1S/C29H35N3O3/c1-2-23-15-17-24(18-16-23)34-21-9-8-20-32-26-12-6-5-11-25(26)31-28(32)14-4-3-7-19-30-29(33)27-13-10-22-35-27/h5-6,10-13,15-18,22H,2-4,7-9,14,19-21H2,1H3,(H,30,33). The molecule has 0 aliphatic carbocycles. The zero-order chi connectivity index (χ0) is 24.3. The Bertz CT molecular complexity index is 1180. The second-order valence-electron chi connectivity index (χ2n) is 8.77. The van der Waals surface area contributed by atoms with E-state index in [0.29, 0.717) is 12.3 Å². The second kappa shape index (κ2) is 12.8. The molecule has 6 heteroatoms. The second-order valence-corrected chi connectivity index (χ2v) is 8.77. The topological polar surface area (TPSA) is 69.3 Å². The average Bonchev–Trinajstić information content (AvgIpc) is 3.55. The number of nitrogens with one attached hydrogen (secondary N) is 1. The molecule has 0 saturated carbocycles.